The van der Waals surface area contributed by atoms with Crippen LogP contribution in [-0.2, 0) is 6.54 Å². The number of hydrogen-bond acceptors (Lipinski definition) is 3. The lowest BCUT2D eigenvalue weighted by atomic mass is 10.2. The van der Waals surface area contributed by atoms with Crippen LogP contribution in [0.3, 0.4) is 0 Å². The van der Waals surface area contributed by atoms with Crippen LogP contribution in [0.2, 0.25) is 0 Å². The zero-order chi connectivity index (χ0) is 11.2. The summed E-state index contributed by atoms with van der Waals surface area (Å²) in [7, 11) is 0. The van der Waals surface area contributed by atoms with Gasteiger partial charge < -0.3 is 0 Å². The predicted octanol–water partition coefficient (Wildman–Crippen LogP) is 1.39. The molecule has 0 aliphatic rings. The number of thiophene rings is 1. The molecule has 0 spiro atoms. The van der Waals surface area contributed by atoms with Crippen molar-refractivity contribution in [3.63, 3.8) is 0 Å². The number of nitrogens with one attached hydrogen (secondary N) is 1. The Morgan fingerprint density at radius 1 is 1.33 bits per heavy atom. The Morgan fingerprint density at radius 2 is 2.00 bits per heavy atom. The SMILES string of the molecule is CCn1c(=O)[nH]c2sc(C)c(C)c2c1=O. The molecule has 0 radical (unpaired) electrons. The third-order valence-electron chi connectivity index (χ3n) is 2.63. The molecule has 0 aliphatic carbocycles. The summed E-state index contributed by atoms with van der Waals surface area (Å²) in [6.45, 7) is 6.05. The predicted molar refractivity (Wildman–Crippen MR) is 61.9 cm³/mol. The van der Waals surface area contributed by atoms with Crippen molar-refractivity contribution in [1.82, 2.24) is 9.55 Å². The Morgan fingerprint density at radius 3 is 2.60 bits per heavy atom. The van der Waals surface area contributed by atoms with E-state index in [0.717, 1.165) is 10.4 Å². The van der Waals surface area contributed by atoms with Gasteiger partial charge in [-0.3, -0.25) is 14.3 Å². The molecule has 4 nitrogen and oxygen atoms in total. The Hall–Kier alpha value is -1.36. The van der Waals surface area contributed by atoms with E-state index in [1.165, 1.54) is 15.9 Å². The molecule has 0 bridgehead atoms. The van der Waals surface area contributed by atoms with Crippen molar-refractivity contribution >= 4 is 21.6 Å². The van der Waals surface area contributed by atoms with E-state index in [0.29, 0.717) is 16.8 Å². The van der Waals surface area contributed by atoms with Crippen molar-refractivity contribution in [2.45, 2.75) is 27.3 Å². The molecule has 0 fully saturated rings. The van der Waals surface area contributed by atoms with E-state index in [1.54, 1.807) is 6.92 Å². The molecule has 0 saturated carbocycles. The summed E-state index contributed by atoms with van der Waals surface area (Å²) >= 11 is 1.46. The smallest absolute Gasteiger partial charge is 0.298 e. The fourth-order valence-corrected chi connectivity index (χ4v) is 2.69. The maximum absolute atomic E-state index is 12.0. The van der Waals surface area contributed by atoms with Gasteiger partial charge in [0.1, 0.15) is 4.83 Å². The molecule has 0 unspecified atom stereocenters. The van der Waals surface area contributed by atoms with E-state index in [4.69, 9.17) is 0 Å². The van der Waals surface area contributed by atoms with E-state index < -0.39 is 0 Å². The zero-order valence-electron chi connectivity index (χ0n) is 8.88. The highest BCUT2D eigenvalue weighted by Gasteiger charge is 2.12. The minimum atomic E-state index is -0.323. The first kappa shape index (κ1) is 10.2. The number of hydrogen-bond donors (Lipinski definition) is 1. The van der Waals surface area contributed by atoms with Gasteiger partial charge in [-0.1, -0.05) is 0 Å². The van der Waals surface area contributed by atoms with Crippen molar-refractivity contribution < 1.29 is 0 Å². The first-order valence-electron chi connectivity index (χ1n) is 4.79. The highest BCUT2D eigenvalue weighted by atomic mass is 32.1. The van der Waals surface area contributed by atoms with Gasteiger partial charge in [0.15, 0.2) is 0 Å². The summed E-state index contributed by atoms with van der Waals surface area (Å²) in [4.78, 5) is 28.0. The van der Waals surface area contributed by atoms with Crippen LogP contribution >= 0.6 is 11.3 Å². The van der Waals surface area contributed by atoms with Crippen molar-refractivity contribution in [3.05, 3.63) is 31.3 Å². The van der Waals surface area contributed by atoms with Crippen LogP contribution in [0.1, 0.15) is 17.4 Å². The maximum Gasteiger partial charge on any atom is 0.329 e. The van der Waals surface area contributed by atoms with Gasteiger partial charge in [0.2, 0.25) is 0 Å². The molecule has 2 heterocycles. The lowest BCUT2D eigenvalue weighted by Gasteiger charge is -1.99. The van der Waals surface area contributed by atoms with E-state index in [1.807, 2.05) is 13.8 Å². The van der Waals surface area contributed by atoms with E-state index in [9.17, 15) is 9.59 Å². The van der Waals surface area contributed by atoms with Crippen LogP contribution in [0.5, 0.6) is 0 Å². The molecular weight excluding hydrogens is 212 g/mol. The molecule has 0 aromatic carbocycles. The number of nitrogens with zero attached hydrogens (tertiary/aromatic N) is 1. The second-order valence-electron chi connectivity index (χ2n) is 3.47. The lowest BCUT2D eigenvalue weighted by Crippen LogP contribution is -2.34. The average Bonchev–Trinajstić information content (AvgIpc) is 2.43. The molecular formula is C10H12N2O2S. The second-order valence-corrected chi connectivity index (χ2v) is 4.69. The number of rotatable bonds is 1. The van der Waals surface area contributed by atoms with Crippen LogP contribution < -0.4 is 11.2 Å². The maximum atomic E-state index is 12.0. The van der Waals surface area contributed by atoms with Crippen LogP contribution in [0.15, 0.2) is 9.59 Å². The van der Waals surface area contributed by atoms with Crippen LogP contribution in [0.4, 0.5) is 0 Å². The number of fused-ring (bicyclic) bond motifs is 1. The number of H-pyrrole nitrogens is 1. The third kappa shape index (κ3) is 1.34. The first-order valence-corrected chi connectivity index (χ1v) is 5.60. The number of aryl methyl sites for hydroxylation is 2. The normalized spacial score (nSPS) is 11.1. The summed E-state index contributed by atoms with van der Waals surface area (Å²) in [6, 6.07) is 0. The van der Waals surface area contributed by atoms with Gasteiger partial charge in [0.05, 0.1) is 5.39 Å². The van der Waals surface area contributed by atoms with Crippen molar-refractivity contribution in [1.29, 1.82) is 0 Å². The average molecular weight is 224 g/mol. The molecule has 2 aromatic heterocycles. The summed E-state index contributed by atoms with van der Waals surface area (Å²) in [5, 5.41) is 0.652. The van der Waals surface area contributed by atoms with Crippen molar-refractivity contribution in [2.24, 2.45) is 0 Å². The molecule has 15 heavy (non-hydrogen) atoms. The molecule has 0 saturated heterocycles. The van der Waals surface area contributed by atoms with Gasteiger partial charge in [-0.15, -0.1) is 11.3 Å². The molecule has 0 atom stereocenters. The third-order valence-corrected chi connectivity index (χ3v) is 3.75. The second kappa shape index (κ2) is 3.34. The summed E-state index contributed by atoms with van der Waals surface area (Å²) < 4.78 is 1.22. The number of aromatic nitrogens is 2. The highest BCUT2D eigenvalue weighted by Crippen LogP contribution is 2.24. The van der Waals surface area contributed by atoms with Crippen LogP contribution in [-0.4, -0.2) is 9.55 Å². The van der Waals surface area contributed by atoms with E-state index in [2.05, 4.69) is 4.98 Å². The standard InChI is InChI=1S/C10H12N2O2S/c1-4-12-9(13)7-5(2)6(3)15-8(7)11-10(12)14/h4H2,1-3H3,(H,11,14). The Labute approximate surface area is 90.2 Å². The van der Waals surface area contributed by atoms with E-state index in [-0.39, 0.29) is 11.2 Å². The van der Waals surface area contributed by atoms with Crippen LogP contribution in [0, 0.1) is 13.8 Å². The topological polar surface area (TPSA) is 54.9 Å². The quantitative estimate of drug-likeness (QED) is 0.795. The summed E-state index contributed by atoms with van der Waals surface area (Å²) in [5.41, 5.74) is 0.466. The molecule has 1 N–H and O–H groups in total. The summed E-state index contributed by atoms with van der Waals surface area (Å²) in [5.74, 6) is 0. The molecule has 5 heteroatoms. The monoisotopic (exact) mass is 224 g/mol. The largest absolute Gasteiger partial charge is 0.329 e. The Bertz CT molecular complexity index is 633. The van der Waals surface area contributed by atoms with Gasteiger partial charge >= 0.3 is 5.69 Å². The summed E-state index contributed by atoms with van der Waals surface area (Å²) in [6.07, 6.45) is 0. The molecule has 2 rings (SSSR count). The lowest BCUT2D eigenvalue weighted by molar-refractivity contribution is 0.685. The fraction of sp³-hybridized carbons (Fsp3) is 0.400. The van der Waals surface area contributed by atoms with Gasteiger partial charge in [0, 0.05) is 11.4 Å². The van der Waals surface area contributed by atoms with Gasteiger partial charge in [0.25, 0.3) is 5.56 Å². The van der Waals surface area contributed by atoms with Crippen molar-refractivity contribution in [2.75, 3.05) is 0 Å². The minimum Gasteiger partial charge on any atom is -0.298 e. The van der Waals surface area contributed by atoms with Crippen molar-refractivity contribution in [3.8, 4) is 0 Å². The molecule has 2 aromatic rings. The Kier molecular flexibility index (Phi) is 2.26. The molecule has 80 valence electrons. The van der Waals surface area contributed by atoms with E-state index >= 15 is 0 Å². The van der Waals surface area contributed by atoms with Gasteiger partial charge in [-0.05, 0) is 26.3 Å². The molecule has 0 amide bonds. The van der Waals surface area contributed by atoms with Gasteiger partial charge in [-0.2, -0.15) is 0 Å². The highest BCUT2D eigenvalue weighted by molar-refractivity contribution is 7.18. The fourth-order valence-electron chi connectivity index (χ4n) is 1.65. The first-order chi connectivity index (χ1) is 7.06. The zero-order valence-corrected chi connectivity index (χ0v) is 9.70. The Balaban J connectivity index is 3.06. The number of aromatic amines is 1. The minimum absolute atomic E-state index is 0.182. The molecule has 0 aliphatic heterocycles. The van der Waals surface area contributed by atoms with Gasteiger partial charge in [-0.25, -0.2) is 4.79 Å². The van der Waals surface area contributed by atoms with Crippen LogP contribution in [0.25, 0.3) is 10.2 Å².